The molecule has 0 aliphatic carbocycles. The molecule has 1 amide bonds. The molecule has 1 N–H and O–H groups in total. The molecule has 2 aromatic rings. The van der Waals surface area contributed by atoms with E-state index in [1.165, 1.54) is 6.07 Å². The Morgan fingerprint density at radius 3 is 3.00 bits per heavy atom. The van der Waals surface area contributed by atoms with Crippen LogP contribution in [0.4, 0.5) is 10.1 Å². The van der Waals surface area contributed by atoms with Crippen molar-refractivity contribution in [2.24, 2.45) is 7.05 Å². The van der Waals surface area contributed by atoms with Gasteiger partial charge >= 0.3 is 0 Å². The number of benzene rings is 1. The molecule has 2 aliphatic rings. The second kappa shape index (κ2) is 6.22. The van der Waals surface area contributed by atoms with Gasteiger partial charge < -0.3 is 4.90 Å². The summed E-state index contributed by atoms with van der Waals surface area (Å²) in [5, 5.41) is 7.59. The molecule has 1 saturated heterocycles. The second-order valence-corrected chi connectivity index (χ2v) is 7.38. The summed E-state index contributed by atoms with van der Waals surface area (Å²) in [6.07, 6.45) is 5.21. The molecule has 2 aliphatic heterocycles. The van der Waals surface area contributed by atoms with Crippen LogP contribution in [-0.2, 0) is 11.8 Å². The van der Waals surface area contributed by atoms with E-state index in [2.05, 4.69) is 10.4 Å². The number of aryl methyl sites for hydroxylation is 1. The smallest absolute Gasteiger partial charge is 0.244 e. The average Bonchev–Trinajstić information content (AvgIpc) is 3.14. The summed E-state index contributed by atoms with van der Waals surface area (Å²) in [7, 11) is 1.84. The van der Waals surface area contributed by atoms with E-state index in [9.17, 15) is 9.18 Å². The van der Waals surface area contributed by atoms with Gasteiger partial charge in [0.2, 0.25) is 5.91 Å². The minimum absolute atomic E-state index is 0.0275. The van der Waals surface area contributed by atoms with Gasteiger partial charge in [-0.25, -0.2) is 4.39 Å². The summed E-state index contributed by atoms with van der Waals surface area (Å²) >= 11 is 1.75. The third kappa shape index (κ3) is 2.82. The Kier molecular flexibility index (Phi) is 4.05. The zero-order chi connectivity index (χ0) is 16.7. The largest absolute Gasteiger partial charge is 0.308 e. The van der Waals surface area contributed by atoms with Crippen molar-refractivity contribution in [1.29, 1.82) is 0 Å². The quantitative estimate of drug-likeness (QED) is 0.928. The molecule has 1 aromatic carbocycles. The molecule has 0 saturated carbocycles. The molecular weight excluding hydrogens is 327 g/mol. The van der Waals surface area contributed by atoms with E-state index in [0.717, 1.165) is 34.7 Å². The van der Waals surface area contributed by atoms with Crippen LogP contribution >= 0.6 is 11.8 Å². The normalized spacial score (nSPS) is 23.6. The maximum atomic E-state index is 13.6. The Balaban J connectivity index is 1.51. The Bertz CT molecular complexity index is 778. The first-order chi connectivity index (χ1) is 11.6. The first-order valence-corrected chi connectivity index (χ1v) is 9.09. The van der Waals surface area contributed by atoms with Crippen LogP contribution < -0.4 is 10.2 Å². The lowest BCUT2D eigenvalue weighted by Crippen LogP contribution is -2.41. The summed E-state index contributed by atoms with van der Waals surface area (Å²) < 4.78 is 15.3. The Labute approximate surface area is 144 Å². The van der Waals surface area contributed by atoms with Gasteiger partial charge in [-0.2, -0.15) is 5.10 Å². The summed E-state index contributed by atoms with van der Waals surface area (Å²) in [5.41, 5.74) is 1.80. The van der Waals surface area contributed by atoms with Crippen LogP contribution in [0.1, 0.15) is 24.4 Å². The Morgan fingerprint density at radius 1 is 1.33 bits per heavy atom. The molecule has 0 radical (unpaired) electrons. The van der Waals surface area contributed by atoms with Gasteiger partial charge in [-0.15, -0.1) is 11.8 Å². The van der Waals surface area contributed by atoms with Crippen molar-refractivity contribution in [3.05, 3.63) is 42.0 Å². The molecule has 24 heavy (non-hydrogen) atoms. The van der Waals surface area contributed by atoms with Crippen LogP contribution in [-0.4, -0.2) is 34.0 Å². The number of fused-ring (bicyclic) bond motifs is 1. The highest BCUT2D eigenvalue weighted by molar-refractivity contribution is 7.99. The van der Waals surface area contributed by atoms with Crippen LogP contribution in [0.3, 0.4) is 0 Å². The highest BCUT2D eigenvalue weighted by Gasteiger charge is 2.35. The Hall–Kier alpha value is -1.86. The number of amides is 1. The van der Waals surface area contributed by atoms with Gasteiger partial charge in [-0.1, -0.05) is 0 Å². The third-order valence-corrected chi connectivity index (χ3v) is 5.74. The number of aromatic nitrogens is 2. The van der Waals surface area contributed by atoms with Crippen molar-refractivity contribution in [2.45, 2.75) is 29.8 Å². The number of carbonyl (C=O) groups excluding carboxylic acids is 1. The molecule has 0 unspecified atom stereocenters. The molecule has 126 valence electrons. The van der Waals surface area contributed by atoms with Crippen molar-refractivity contribution >= 4 is 23.4 Å². The van der Waals surface area contributed by atoms with Crippen LogP contribution in [0.25, 0.3) is 0 Å². The number of carbonyl (C=O) groups is 1. The number of thioether (sulfide) groups is 1. The molecule has 7 heteroatoms. The average molecular weight is 346 g/mol. The minimum atomic E-state index is -0.227. The van der Waals surface area contributed by atoms with Gasteiger partial charge in [-0.3, -0.25) is 14.8 Å². The van der Waals surface area contributed by atoms with E-state index in [1.807, 2.05) is 19.3 Å². The lowest BCUT2D eigenvalue weighted by Gasteiger charge is -2.28. The van der Waals surface area contributed by atoms with Crippen LogP contribution in [0.5, 0.6) is 0 Å². The summed E-state index contributed by atoms with van der Waals surface area (Å²) in [6, 6.07) is 4.73. The maximum absolute atomic E-state index is 13.6. The highest BCUT2D eigenvalue weighted by Crippen LogP contribution is 2.37. The predicted molar refractivity (Wildman–Crippen MR) is 91.6 cm³/mol. The van der Waals surface area contributed by atoms with Crippen LogP contribution in [0.15, 0.2) is 35.5 Å². The number of halogens is 1. The molecule has 1 aromatic heterocycles. The van der Waals surface area contributed by atoms with Gasteiger partial charge in [0.1, 0.15) is 5.82 Å². The second-order valence-electron chi connectivity index (χ2n) is 6.24. The van der Waals surface area contributed by atoms with E-state index in [-0.39, 0.29) is 23.8 Å². The maximum Gasteiger partial charge on any atom is 0.244 e. The number of hydrogen-bond donors (Lipinski definition) is 1. The van der Waals surface area contributed by atoms with Crippen molar-refractivity contribution in [3.63, 3.8) is 0 Å². The van der Waals surface area contributed by atoms with Crippen molar-refractivity contribution in [1.82, 2.24) is 15.1 Å². The molecule has 2 atom stereocenters. The number of hydrogen-bond acceptors (Lipinski definition) is 4. The fourth-order valence-electron chi connectivity index (χ4n) is 3.42. The minimum Gasteiger partial charge on any atom is -0.308 e. The zero-order valence-corrected chi connectivity index (χ0v) is 14.2. The molecule has 0 bridgehead atoms. The summed E-state index contributed by atoms with van der Waals surface area (Å²) in [6.45, 7) is 0.680. The van der Waals surface area contributed by atoms with Crippen molar-refractivity contribution in [3.8, 4) is 0 Å². The van der Waals surface area contributed by atoms with E-state index >= 15 is 0 Å². The lowest BCUT2D eigenvalue weighted by atomic mass is 10.0. The third-order valence-electron chi connectivity index (χ3n) is 4.62. The molecule has 0 spiro atoms. The molecule has 1 fully saturated rings. The Morgan fingerprint density at radius 2 is 2.21 bits per heavy atom. The molecule has 5 nitrogen and oxygen atoms in total. The van der Waals surface area contributed by atoms with Crippen LogP contribution in [0.2, 0.25) is 0 Å². The number of nitrogens with zero attached hydrogens (tertiary/aromatic N) is 3. The van der Waals surface area contributed by atoms with Crippen molar-refractivity contribution in [2.75, 3.05) is 17.2 Å². The molecule has 3 heterocycles. The highest BCUT2D eigenvalue weighted by atomic mass is 32.2. The van der Waals surface area contributed by atoms with E-state index < -0.39 is 0 Å². The summed E-state index contributed by atoms with van der Waals surface area (Å²) in [4.78, 5) is 15.6. The standard InChI is InChI=1S/C17H19FN4OS/c1-21-10-12(9-19-21)22-6-4-15(17(22)23)20-14-5-7-24-16-3-2-11(18)8-13(14)16/h2-3,8-10,14-15,20H,4-7H2,1H3/t14-,15-/m1/s1. The van der Waals surface area contributed by atoms with Gasteiger partial charge in [0.05, 0.1) is 17.9 Å². The number of rotatable bonds is 3. The van der Waals surface area contributed by atoms with Gasteiger partial charge in [0.25, 0.3) is 0 Å². The number of anilines is 1. The molecular formula is C17H19FN4OS. The predicted octanol–water partition coefficient (Wildman–Crippen LogP) is 2.49. The SMILES string of the molecule is Cn1cc(N2CC[C@@H](N[C@@H]3CCSc4ccc(F)cc43)C2=O)cn1. The number of nitrogens with one attached hydrogen (secondary N) is 1. The van der Waals surface area contributed by atoms with Crippen LogP contribution in [0, 0.1) is 5.82 Å². The monoisotopic (exact) mass is 346 g/mol. The zero-order valence-electron chi connectivity index (χ0n) is 13.4. The fourth-order valence-corrected chi connectivity index (χ4v) is 4.53. The van der Waals surface area contributed by atoms with E-state index in [0.29, 0.717) is 6.54 Å². The van der Waals surface area contributed by atoms with E-state index in [1.54, 1.807) is 33.6 Å². The fraction of sp³-hybridized carbons (Fsp3) is 0.412. The first-order valence-electron chi connectivity index (χ1n) is 8.10. The van der Waals surface area contributed by atoms with E-state index in [4.69, 9.17) is 0 Å². The summed E-state index contributed by atoms with van der Waals surface area (Å²) in [5.74, 6) is 0.820. The lowest BCUT2D eigenvalue weighted by molar-refractivity contribution is -0.119. The molecule has 4 rings (SSSR count). The first kappa shape index (κ1) is 15.7. The topological polar surface area (TPSA) is 50.2 Å². The van der Waals surface area contributed by atoms with Gasteiger partial charge in [0.15, 0.2) is 0 Å². The van der Waals surface area contributed by atoms with Gasteiger partial charge in [-0.05, 0) is 42.4 Å². The van der Waals surface area contributed by atoms with Crippen molar-refractivity contribution < 1.29 is 9.18 Å². The van der Waals surface area contributed by atoms with Gasteiger partial charge in [0, 0.05) is 30.7 Å².